The molecule has 0 amide bonds. The number of rotatable bonds is 5. The van der Waals surface area contributed by atoms with Gasteiger partial charge in [0.2, 0.25) is 0 Å². The number of anilines is 1. The van der Waals surface area contributed by atoms with Crippen LogP contribution in [-0.4, -0.2) is 23.7 Å². The van der Waals surface area contributed by atoms with Gasteiger partial charge in [0.15, 0.2) is 0 Å². The summed E-state index contributed by atoms with van der Waals surface area (Å²) in [5, 5.41) is 9.16. The Bertz CT molecular complexity index is 363. The zero-order valence-electron chi connectivity index (χ0n) is 10.1. The second kappa shape index (κ2) is 5.54. The highest BCUT2D eigenvalue weighted by molar-refractivity contribution is 5.78. The number of carboxylic acid groups (broad SMARTS) is 1. The summed E-state index contributed by atoms with van der Waals surface area (Å²) in [6.45, 7) is 6.60. The zero-order valence-corrected chi connectivity index (χ0v) is 10.1. The molecule has 0 aliphatic rings. The van der Waals surface area contributed by atoms with Crippen molar-refractivity contribution in [1.29, 1.82) is 0 Å². The number of aryl methyl sites for hydroxylation is 1. The summed E-state index contributed by atoms with van der Waals surface area (Å²) in [5.41, 5.74) is 2.13. The van der Waals surface area contributed by atoms with E-state index in [2.05, 4.69) is 0 Å². The first-order chi connectivity index (χ1) is 7.60. The Labute approximate surface area is 96.7 Å². The van der Waals surface area contributed by atoms with Gasteiger partial charge in [-0.3, -0.25) is 0 Å². The van der Waals surface area contributed by atoms with Gasteiger partial charge in [0.25, 0.3) is 0 Å². The second-order valence-electron chi connectivity index (χ2n) is 3.89. The van der Waals surface area contributed by atoms with E-state index in [1.54, 1.807) is 0 Å². The number of hydrogen-bond acceptors (Lipinski definition) is 2. The molecule has 0 aliphatic heterocycles. The lowest BCUT2D eigenvalue weighted by molar-refractivity contribution is -0.138. The van der Waals surface area contributed by atoms with Gasteiger partial charge in [0.05, 0.1) is 0 Å². The maximum absolute atomic E-state index is 11.1. The van der Waals surface area contributed by atoms with Crippen molar-refractivity contribution in [2.45, 2.75) is 33.2 Å². The first-order valence-electron chi connectivity index (χ1n) is 5.66. The molecular weight excluding hydrogens is 202 g/mol. The number of likely N-dealkylation sites (N-methyl/N-ethyl adjacent to an activating group) is 1. The lowest BCUT2D eigenvalue weighted by Gasteiger charge is -2.29. The molecule has 0 heterocycles. The Balaban J connectivity index is 3.01. The number of benzene rings is 1. The fraction of sp³-hybridized carbons (Fsp3) is 0.462. The fourth-order valence-electron chi connectivity index (χ4n) is 1.92. The predicted molar refractivity (Wildman–Crippen MR) is 65.9 cm³/mol. The van der Waals surface area contributed by atoms with Crippen LogP contribution in [0.5, 0.6) is 0 Å². The summed E-state index contributed by atoms with van der Waals surface area (Å²) in [6, 6.07) is 7.52. The Kier molecular flexibility index (Phi) is 4.35. The summed E-state index contributed by atoms with van der Waals surface area (Å²) >= 11 is 0. The van der Waals surface area contributed by atoms with Gasteiger partial charge in [-0.15, -0.1) is 0 Å². The van der Waals surface area contributed by atoms with Crippen LogP contribution in [0.25, 0.3) is 0 Å². The minimum absolute atomic E-state index is 0.438. The standard InChI is InChI=1S/C13H19NO2/c1-4-12(13(15)16)14(5-2)11-8-6-7-10(3)9-11/h6-9,12H,4-5H2,1-3H3,(H,15,16)/t12-/m0/s1. The topological polar surface area (TPSA) is 40.5 Å². The number of carbonyl (C=O) groups is 1. The van der Waals surface area contributed by atoms with Crippen molar-refractivity contribution in [3.63, 3.8) is 0 Å². The predicted octanol–water partition coefficient (Wildman–Crippen LogP) is 2.68. The van der Waals surface area contributed by atoms with Crippen molar-refractivity contribution >= 4 is 11.7 Å². The molecule has 0 radical (unpaired) electrons. The minimum atomic E-state index is -0.758. The molecule has 0 aliphatic carbocycles. The molecule has 1 N–H and O–H groups in total. The van der Waals surface area contributed by atoms with Crippen LogP contribution in [0.4, 0.5) is 5.69 Å². The van der Waals surface area contributed by atoms with Gasteiger partial charge in [-0.2, -0.15) is 0 Å². The van der Waals surface area contributed by atoms with Gasteiger partial charge in [-0.25, -0.2) is 4.79 Å². The van der Waals surface area contributed by atoms with Gasteiger partial charge in [0.1, 0.15) is 6.04 Å². The van der Waals surface area contributed by atoms with Gasteiger partial charge in [-0.1, -0.05) is 19.1 Å². The van der Waals surface area contributed by atoms with Crippen LogP contribution in [0.1, 0.15) is 25.8 Å². The Morgan fingerprint density at radius 1 is 1.44 bits per heavy atom. The number of aliphatic carboxylic acids is 1. The molecule has 1 aromatic carbocycles. The highest BCUT2D eigenvalue weighted by Crippen LogP contribution is 2.19. The minimum Gasteiger partial charge on any atom is -0.480 e. The van der Waals surface area contributed by atoms with E-state index in [1.165, 1.54) is 0 Å². The smallest absolute Gasteiger partial charge is 0.326 e. The number of hydrogen-bond donors (Lipinski definition) is 1. The molecule has 0 saturated heterocycles. The van der Waals surface area contributed by atoms with Crippen LogP contribution in [0.15, 0.2) is 24.3 Å². The van der Waals surface area contributed by atoms with Crippen molar-refractivity contribution < 1.29 is 9.90 Å². The summed E-state index contributed by atoms with van der Waals surface area (Å²) in [6.07, 6.45) is 0.608. The molecule has 3 nitrogen and oxygen atoms in total. The van der Waals surface area contributed by atoms with E-state index in [0.29, 0.717) is 13.0 Å². The summed E-state index contributed by atoms with van der Waals surface area (Å²) < 4.78 is 0. The first kappa shape index (κ1) is 12.6. The second-order valence-corrected chi connectivity index (χ2v) is 3.89. The lowest BCUT2D eigenvalue weighted by atomic mass is 10.1. The van der Waals surface area contributed by atoms with E-state index < -0.39 is 12.0 Å². The van der Waals surface area contributed by atoms with Crippen molar-refractivity contribution in [3.8, 4) is 0 Å². The van der Waals surface area contributed by atoms with Gasteiger partial charge in [0, 0.05) is 12.2 Å². The average molecular weight is 221 g/mol. The molecule has 88 valence electrons. The third-order valence-corrected chi connectivity index (χ3v) is 2.72. The summed E-state index contributed by atoms with van der Waals surface area (Å²) in [7, 11) is 0. The normalized spacial score (nSPS) is 12.2. The van der Waals surface area contributed by atoms with E-state index in [4.69, 9.17) is 5.11 Å². The van der Waals surface area contributed by atoms with Crippen molar-refractivity contribution in [1.82, 2.24) is 0 Å². The maximum Gasteiger partial charge on any atom is 0.326 e. The van der Waals surface area contributed by atoms with E-state index >= 15 is 0 Å². The summed E-state index contributed by atoms with van der Waals surface area (Å²) in [4.78, 5) is 13.1. The third kappa shape index (κ3) is 2.75. The van der Waals surface area contributed by atoms with Crippen LogP contribution in [-0.2, 0) is 4.79 Å². The highest BCUT2D eigenvalue weighted by Gasteiger charge is 2.22. The Hall–Kier alpha value is -1.51. The Morgan fingerprint density at radius 3 is 2.56 bits per heavy atom. The van der Waals surface area contributed by atoms with Crippen molar-refractivity contribution in [3.05, 3.63) is 29.8 Å². The van der Waals surface area contributed by atoms with Gasteiger partial charge >= 0.3 is 5.97 Å². The maximum atomic E-state index is 11.1. The highest BCUT2D eigenvalue weighted by atomic mass is 16.4. The van der Waals surface area contributed by atoms with E-state index in [1.807, 2.05) is 49.9 Å². The van der Waals surface area contributed by atoms with E-state index in [9.17, 15) is 4.79 Å². The summed E-state index contributed by atoms with van der Waals surface area (Å²) in [5.74, 6) is -0.758. The monoisotopic (exact) mass is 221 g/mol. The lowest BCUT2D eigenvalue weighted by Crippen LogP contribution is -2.40. The largest absolute Gasteiger partial charge is 0.480 e. The van der Waals surface area contributed by atoms with Crippen molar-refractivity contribution in [2.24, 2.45) is 0 Å². The average Bonchev–Trinajstić information content (AvgIpc) is 2.25. The fourth-order valence-corrected chi connectivity index (χ4v) is 1.92. The molecule has 0 aromatic heterocycles. The van der Waals surface area contributed by atoms with Gasteiger partial charge in [-0.05, 0) is 38.0 Å². The first-order valence-corrected chi connectivity index (χ1v) is 5.66. The molecule has 16 heavy (non-hydrogen) atoms. The van der Waals surface area contributed by atoms with Crippen molar-refractivity contribution in [2.75, 3.05) is 11.4 Å². The van der Waals surface area contributed by atoms with Crippen LogP contribution in [0, 0.1) is 6.92 Å². The molecule has 1 atom stereocenters. The molecule has 0 unspecified atom stereocenters. The quantitative estimate of drug-likeness (QED) is 0.831. The molecule has 0 fully saturated rings. The van der Waals surface area contributed by atoms with E-state index in [-0.39, 0.29) is 0 Å². The SMILES string of the molecule is CC[C@@H](C(=O)O)N(CC)c1cccc(C)c1. The zero-order chi connectivity index (χ0) is 12.1. The molecular formula is C13H19NO2. The molecule has 3 heteroatoms. The van der Waals surface area contributed by atoms with Gasteiger partial charge < -0.3 is 10.0 Å². The van der Waals surface area contributed by atoms with Crippen LogP contribution >= 0.6 is 0 Å². The number of carboxylic acids is 1. The molecule has 0 saturated carbocycles. The molecule has 0 spiro atoms. The molecule has 1 rings (SSSR count). The molecule has 1 aromatic rings. The van der Waals surface area contributed by atoms with E-state index in [0.717, 1.165) is 11.3 Å². The van der Waals surface area contributed by atoms with Crippen LogP contribution < -0.4 is 4.90 Å². The third-order valence-electron chi connectivity index (χ3n) is 2.72. The van der Waals surface area contributed by atoms with Crippen LogP contribution in [0.2, 0.25) is 0 Å². The van der Waals surface area contributed by atoms with Crippen LogP contribution in [0.3, 0.4) is 0 Å². The Morgan fingerprint density at radius 2 is 2.12 bits per heavy atom. The number of nitrogens with zero attached hydrogens (tertiary/aromatic N) is 1. The molecule has 0 bridgehead atoms.